The Morgan fingerprint density at radius 1 is 1.25 bits per heavy atom. The van der Waals surface area contributed by atoms with Crippen LogP contribution in [0.15, 0.2) is 0 Å². The molecule has 1 rings (SSSR count). The zero-order valence-corrected chi connectivity index (χ0v) is 11.8. The van der Waals surface area contributed by atoms with Crippen LogP contribution in [0.1, 0.15) is 47.5 Å². The minimum atomic E-state index is 0.709. The standard InChI is InChI=1S/C14H30N2/c1-6-12(4)13(5)16-8-7-15-14(10-16)9-11(2)3/h11-15H,6-10H2,1-5H3. The molecule has 0 aliphatic carbocycles. The first kappa shape index (κ1) is 14.0. The van der Waals surface area contributed by atoms with E-state index in [0.717, 1.165) is 24.4 Å². The Morgan fingerprint density at radius 2 is 1.94 bits per heavy atom. The van der Waals surface area contributed by atoms with E-state index in [-0.39, 0.29) is 0 Å². The molecule has 2 nitrogen and oxygen atoms in total. The fourth-order valence-electron chi connectivity index (χ4n) is 2.65. The van der Waals surface area contributed by atoms with Crippen LogP contribution in [0.2, 0.25) is 0 Å². The molecule has 0 spiro atoms. The highest BCUT2D eigenvalue weighted by Crippen LogP contribution is 2.17. The van der Waals surface area contributed by atoms with Crippen molar-refractivity contribution in [1.29, 1.82) is 0 Å². The summed E-state index contributed by atoms with van der Waals surface area (Å²) in [6.07, 6.45) is 2.60. The molecule has 0 bridgehead atoms. The maximum absolute atomic E-state index is 3.65. The van der Waals surface area contributed by atoms with E-state index in [9.17, 15) is 0 Å². The molecule has 1 aliphatic rings. The number of rotatable bonds is 5. The van der Waals surface area contributed by atoms with Crippen molar-refractivity contribution in [3.05, 3.63) is 0 Å². The van der Waals surface area contributed by atoms with Crippen LogP contribution in [0, 0.1) is 11.8 Å². The van der Waals surface area contributed by atoms with Crippen molar-refractivity contribution in [2.45, 2.75) is 59.5 Å². The molecule has 1 fully saturated rings. The van der Waals surface area contributed by atoms with Crippen LogP contribution >= 0.6 is 0 Å². The maximum Gasteiger partial charge on any atom is 0.0198 e. The SMILES string of the molecule is CCC(C)C(C)N1CCNC(CC(C)C)C1. The van der Waals surface area contributed by atoms with Gasteiger partial charge < -0.3 is 5.32 Å². The Kier molecular flexibility index (Phi) is 5.77. The molecule has 0 aromatic rings. The van der Waals surface area contributed by atoms with E-state index < -0.39 is 0 Å². The first-order valence-electron chi connectivity index (χ1n) is 7.02. The van der Waals surface area contributed by atoms with Crippen LogP contribution in [-0.4, -0.2) is 36.6 Å². The van der Waals surface area contributed by atoms with E-state index >= 15 is 0 Å². The highest BCUT2D eigenvalue weighted by atomic mass is 15.2. The van der Waals surface area contributed by atoms with Crippen molar-refractivity contribution in [3.63, 3.8) is 0 Å². The lowest BCUT2D eigenvalue weighted by molar-refractivity contribution is 0.111. The van der Waals surface area contributed by atoms with Crippen LogP contribution < -0.4 is 5.32 Å². The summed E-state index contributed by atoms with van der Waals surface area (Å²) in [7, 11) is 0. The van der Waals surface area contributed by atoms with Crippen molar-refractivity contribution < 1.29 is 0 Å². The summed E-state index contributed by atoms with van der Waals surface area (Å²) >= 11 is 0. The lowest BCUT2D eigenvalue weighted by Gasteiger charge is -2.40. The first-order chi connectivity index (χ1) is 7.54. The fourth-order valence-corrected chi connectivity index (χ4v) is 2.65. The number of nitrogens with one attached hydrogen (secondary N) is 1. The van der Waals surface area contributed by atoms with Gasteiger partial charge in [-0.3, -0.25) is 4.90 Å². The van der Waals surface area contributed by atoms with Crippen LogP contribution in [0.25, 0.3) is 0 Å². The Morgan fingerprint density at radius 3 is 2.50 bits per heavy atom. The van der Waals surface area contributed by atoms with Gasteiger partial charge in [0.25, 0.3) is 0 Å². The van der Waals surface area contributed by atoms with Gasteiger partial charge in [-0.2, -0.15) is 0 Å². The van der Waals surface area contributed by atoms with Gasteiger partial charge >= 0.3 is 0 Å². The molecule has 0 saturated carbocycles. The minimum absolute atomic E-state index is 0.709. The van der Waals surface area contributed by atoms with Crippen LogP contribution in [0.4, 0.5) is 0 Å². The van der Waals surface area contributed by atoms with Gasteiger partial charge in [0, 0.05) is 31.7 Å². The van der Waals surface area contributed by atoms with Gasteiger partial charge in [0.15, 0.2) is 0 Å². The third-order valence-corrected chi connectivity index (χ3v) is 4.09. The summed E-state index contributed by atoms with van der Waals surface area (Å²) in [5.41, 5.74) is 0. The average Bonchev–Trinajstić information content (AvgIpc) is 2.26. The van der Waals surface area contributed by atoms with E-state index in [1.165, 1.54) is 25.9 Å². The van der Waals surface area contributed by atoms with Gasteiger partial charge in [0.05, 0.1) is 0 Å². The zero-order valence-electron chi connectivity index (χ0n) is 11.8. The molecule has 0 radical (unpaired) electrons. The van der Waals surface area contributed by atoms with Crippen molar-refractivity contribution >= 4 is 0 Å². The molecular formula is C14H30N2. The highest BCUT2D eigenvalue weighted by molar-refractivity contribution is 4.83. The summed E-state index contributed by atoms with van der Waals surface area (Å²) in [5.74, 6) is 1.62. The zero-order chi connectivity index (χ0) is 12.1. The van der Waals surface area contributed by atoms with Gasteiger partial charge in [-0.1, -0.05) is 34.1 Å². The minimum Gasteiger partial charge on any atom is -0.311 e. The molecule has 96 valence electrons. The van der Waals surface area contributed by atoms with Gasteiger partial charge in [-0.15, -0.1) is 0 Å². The molecule has 2 heteroatoms. The van der Waals surface area contributed by atoms with Gasteiger partial charge in [0.1, 0.15) is 0 Å². The molecule has 16 heavy (non-hydrogen) atoms. The molecule has 1 heterocycles. The smallest absolute Gasteiger partial charge is 0.0198 e. The van der Waals surface area contributed by atoms with Gasteiger partial charge in [0.2, 0.25) is 0 Å². The Bertz CT molecular complexity index is 191. The summed E-state index contributed by atoms with van der Waals surface area (Å²) in [5, 5.41) is 3.65. The molecule has 0 aromatic carbocycles. The van der Waals surface area contributed by atoms with E-state index in [0.29, 0.717) is 6.04 Å². The molecule has 1 aliphatic heterocycles. The number of piperazine rings is 1. The molecule has 3 unspecified atom stereocenters. The van der Waals surface area contributed by atoms with Gasteiger partial charge in [-0.25, -0.2) is 0 Å². The lowest BCUT2D eigenvalue weighted by Crippen LogP contribution is -2.54. The largest absolute Gasteiger partial charge is 0.311 e. The molecular weight excluding hydrogens is 196 g/mol. The normalized spacial score (nSPS) is 27.0. The number of nitrogens with zero attached hydrogens (tertiary/aromatic N) is 1. The summed E-state index contributed by atoms with van der Waals surface area (Å²) in [6, 6.07) is 1.45. The molecule has 3 atom stereocenters. The van der Waals surface area contributed by atoms with Crippen LogP contribution in [-0.2, 0) is 0 Å². The second-order valence-corrected chi connectivity index (χ2v) is 5.90. The van der Waals surface area contributed by atoms with Crippen molar-refractivity contribution in [2.75, 3.05) is 19.6 Å². The van der Waals surface area contributed by atoms with Crippen molar-refractivity contribution in [1.82, 2.24) is 10.2 Å². The van der Waals surface area contributed by atoms with E-state index in [1.807, 2.05) is 0 Å². The third kappa shape index (κ3) is 4.06. The Hall–Kier alpha value is -0.0800. The lowest BCUT2D eigenvalue weighted by atomic mass is 9.96. The average molecular weight is 226 g/mol. The summed E-state index contributed by atoms with van der Waals surface area (Å²) in [6.45, 7) is 15.3. The van der Waals surface area contributed by atoms with E-state index in [4.69, 9.17) is 0 Å². The predicted molar refractivity (Wildman–Crippen MR) is 71.7 cm³/mol. The second kappa shape index (κ2) is 6.61. The van der Waals surface area contributed by atoms with Crippen molar-refractivity contribution in [3.8, 4) is 0 Å². The number of hydrogen-bond acceptors (Lipinski definition) is 2. The van der Waals surface area contributed by atoms with E-state index in [1.54, 1.807) is 0 Å². The first-order valence-corrected chi connectivity index (χ1v) is 7.02. The predicted octanol–water partition coefficient (Wildman–Crippen LogP) is 2.74. The third-order valence-electron chi connectivity index (χ3n) is 4.09. The van der Waals surface area contributed by atoms with E-state index in [2.05, 4.69) is 44.8 Å². The fraction of sp³-hybridized carbons (Fsp3) is 1.00. The molecule has 0 aromatic heterocycles. The Balaban J connectivity index is 2.43. The quantitative estimate of drug-likeness (QED) is 0.775. The van der Waals surface area contributed by atoms with Crippen LogP contribution in [0.3, 0.4) is 0 Å². The van der Waals surface area contributed by atoms with Crippen LogP contribution in [0.5, 0.6) is 0 Å². The molecule has 0 amide bonds. The summed E-state index contributed by atoms with van der Waals surface area (Å²) in [4.78, 5) is 2.68. The van der Waals surface area contributed by atoms with Crippen molar-refractivity contribution in [2.24, 2.45) is 11.8 Å². The number of hydrogen-bond donors (Lipinski definition) is 1. The maximum atomic E-state index is 3.65. The van der Waals surface area contributed by atoms with Gasteiger partial charge in [-0.05, 0) is 25.2 Å². The molecule has 1 N–H and O–H groups in total. The monoisotopic (exact) mass is 226 g/mol. The Labute approximate surface area is 102 Å². The highest BCUT2D eigenvalue weighted by Gasteiger charge is 2.25. The molecule has 1 saturated heterocycles. The second-order valence-electron chi connectivity index (χ2n) is 5.90. The summed E-state index contributed by atoms with van der Waals surface area (Å²) < 4.78 is 0. The topological polar surface area (TPSA) is 15.3 Å².